The summed E-state index contributed by atoms with van der Waals surface area (Å²) in [6, 6.07) is 5.15. The van der Waals surface area contributed by atoms with E-state index < -0.39 is 18.5 Å². The first-order chi connectivity index (χ1) is 8.40. The Hall–Kier alpha value is -1.98. The van der Waals surface area contributed by atoms with Gasteiger partial charge in [-0.05, 0) is 24.3 Å². The highest BCUT2D eigenvalue weighted by atomic mass is 19.3. The monoisotopic (exact) mass is 258 g/mol. The van der Waals surface area contributed by atoms with E-state index >= 15 is 0 Å². The van der Waals surface area contributed by atoms with Gasteiger partial charge < -0.3 is 9.84 Å². The molecule has 0 spiro atoms. The number of carbonyl (C=O) groups is 2. The molecule has 0 saturated carbocycles. The predicted octanol–water partition coefficient (Wildman–Crippen LogP) is 2.58. The van der Waals surface area contributed by atoms with Crippen LogP contribution in [0, 0.1) is 5.92 Å². The number of ether oxygens (including phenoxy) is 1. The molecule has 98 valence electrons. The van der Waals surface area contributed by atoms with Gasteiger partial charge in [-0.3, -0.25) is 9.59 Å². The molecule has 0 fully saturated rings. The normalized spacial score (nSPS) is 12.2. The Labute approximate surface area is 102 Å². The molecule has 1 rings (SSSR count). The van der Waals surface area contributed by atoms with E-state index in [2.05, 4.69) is 4.74 Å². The maximum atomic E-state index is 11.9. The summed E-state index contributed by atoms with van der Waals surface area (Å²) in [7, 11) is 0. The molecule has 1 aromatic carbocycles. The largest absolute Gasteiger partial charge is 0.481 e. The molecule has 1 atom stereocenters. The van der Waals surface area contributed by atoms with Gasteiger partial charge in [0.15, 0.2) is 5.78 Å². The summed E-state index contributed by atoms with van der Waals surface area (Å²) < 4.78 is 27.9. The molecule has 0 bridgehead atoms. The number of Topliss-reactive ketones (excluding diaryl/α,β-unsaturated/α-hetero) is 1. The van der Waals surface area contributed by atoms with Gasteiger partial charge in [-0.15, -0.1) is 0 Å². The highest BCUT2D eigenvalue weighted by Gasteiger charge is 2.18. The van der Waals surface area contributed by atoms with Crippen molar-refractivity contribution in [1.82, 2.24) is 0 Å². The number of halogens is 2. The number of carboxylic acid groups (broad SMARTS) is 1. The minimum Gasteiger partial charge on any atom is -0.481 e. The molecule has 4 nitrogen and oxygen atoms in total. The van der Waals surface area contributed by atoms with Crippen molar-refractivity contribution in [2.24, 2.45) is 5.92 Å². The summed E-state index contributed by atoms with van der Waals surface area (Å²) in [5, 5.41) is 8.57. The van der Waals surface area contributed by atoms with Crippen LogP contribution in [0.4, 0.5) is 8.78 Å². The second-order valence-electron chi connectivity index (χ2n) is 3.77. The Balaban J connectivity index is 2.72. The third kappa shape index (κ3) is 4.12. The molecule has 1 unspecified atom stereocenters. The molecule has 1 aromatic rings. The number of hydrogen-bond acceptors (Lipinski definition) is 3. The lowest BCUT2D eigenvalue weighted by Crippen LogP contribution is -2.15. The van der Waals surface area contributed by atoms with Gasteiger partial charge in [-0.1, -0.05) is 6.92 Å². The number of carbonyl (C=O) groups excluding carboxylic acids is 1. The highest BCUT2D eigenvalue weighted by Crippen LogP contribution is 2.18. The summed E-state index contributed by atoms with van der Waals surface area (Å²) in [4.78, 5) is 22.2. The van der Waals surface area contributed by atoms with Crippen LogP contribution >= 0.6 is 0 Å². The average Bonchev–Trinajstić information content (AvgIpc) is 2.27. The molecular formula is C12H12F2O4. The second kappa shape index (κ2) is 6.09. The van der Waals surface area contributed by atoms with E-state index in [4.69, 9.17) is 5.11 Å². The summed E-state index contributed by atoms with van der Waals surface area (Å²) in [6.45, 7) is -1.42. The second-order valence-corrected chi connectivity index (χ2v) is 3.77. The van der Waals surface area contributed by atoms with Crippen LogP contribution in [0.2, 0.25) is 0 Å². The predicted molar refractivity (Wildman–Crippen MR) is 58.8 cm³/mol. The Morgan fingerprint density at radius 2 is 1.83 bits per heavy atom. The van der Waals surface area contributed by atoms with Crippen molar-refractivity contribution < 1.29 is 28.2 Å². The molecule has 0 heterocycles. The van der Waals surface area contributed by atoms with Crippen molar-refractivity contribution in [3.63, 3.8) is 0 Å². The van der Waals surface area contributed by atoms with Crippen molar-refractivity contribution in [3.05, 3.63) is 29.8 Å². The quantitative estimate of drug-likeness (QED) is 0.796. The lowest BCUT2D eigenvalue weighted by atomic mass is 9.96. The van der Waals surface area contributed by atoms with Gasteiger partial charge >= 0.3 is 12.6 Å². The van der Waals surface area contributed by atoms with Crippen LogP contribution in [-0.2, 0) is 4.79 Å². The maximum Gasteiger partial charge on any atom is 0.387 e. The van der Waals surface area contributed by atoms with Gasteiger partial charge in [-0.25, -0.2) is 0 Å². The fraction of sp³-hybridized carbons (Fsp3) is 0.333. The van der Waals surface area contributed by atoms with Crippen LogP contribution in [0.15, 0.2) is 24.3 Å². The molecular weight excluding hydrogens is 246 g/mol. The Morgan fingerprint density at radius 1 is 1.28 bits per heavy atom. The Kier molecular flexibility index (Phi) is 4.76. The topological polar surface area (TPSA) is 63.6 Å². The number of carboxylic acids is 1. The third-order valence-electron chi connectivity index (χ3n) is 2.29. The zero-order chi connectivity index (χ0) is 13.7. The SMILES string of the molecule is CC(CC(=O)O)C(=O)c1ccc(OC(F)F)cc1. The average molecular weight is 258 g/mol. The number of ketones is 1. The van der Waals surface area contributed by atoms with Crippen LogP contribution in [0.25, 0.3) is 0 Å². The number of alkyl halides is 2. The first kappa shape index (κ1) is 14.1. The molecule has 0 aromatic heterocycles. The smallest absolute Gasteiger partial charge is 0.387 e. The van der Waals surface area contributed by atoms with Crippen molar-refractivity contribution in [3.8, 4) is 5.75 Å². The summed E-state index contributed by atoms with van der Waals surface area (Å²) >= 11 is 0. The summed E-state index contributed by atoms with van der Waals surface area (Å²) in [5.74, 6) is -2.12. The van der Waals surface area contributed by atoms with Gasteiger partial charge in [0.05, 0.1) is 6.42 Å². The van der Waals surface area contributed by atoms with Crippen LogP contribution in [0.1, 0.15) is 23.7 Å². The molecule has 0 radical (unpaired) electrons. The third-order valence-corrected chi connectivity index (χ3v) is 2.29. The van der Waals surface area contributed by atoms with E-state index in [1.807, 2.05) is 0 Å². The number of hydrogen-bond donors (Lipinski definition) is 1. The van der Waals surface area contributed by atoms with E-state index in [1.54, 1.807) is 0 Å². The lowest BCUT2D eigenvalue weighted by molar-refractivity contribution is -0.137. The van der Waals surface area contributed by atoms with Gasteiger partial charge in [-0.2, -0.15) is 8.78 Å². The van der Waals surface area contributed by atoms with E-state index in [-0.39, 0.29) is 23.5 Å². The van der Waals surface area contributed by atoms with Crippen LogP contribution in [0.3, 0.4) is 0 Å². The Bertz CT molecular complexity index is 428. The minimum atomic E-state index is -2.92. The van der Waals surface area contributed by atoms with Gasteiger partial charge in [0, 0.05) is 11.5 Å². The summed E-state index contributed by atoms with van der Waals surface area (Å²) in [6.07, 6.45) is -0.270. The van der Waals surface area contributed by atoms with Crippen LogP contribution < -0.4 is 4.74 Å². The standard InChI is InChI=1S/C12H12F2O4/c1-7(6-10(15)16)11(17)8-2-4-9(5-3-8)18-12(13)14/h2-5,7,12H,6H2,1H3,(H,15,16). The zero-order valence-corrected chi connectivity index (χ0v) is 9.60. The maximum absolute atomic E-state index is 11.9. The molecule has 0 aliphatic heterocycles. The number of benzene rings is 1. The van der Waals surface area contributed by atoms with Crippen molar-refractivity contribution in [2.75, 3.05) is 0 Å². The molecule has 0 saturated heterocycles. The molecule has 0 amide bonds. The lowest BCUT2D eigenvalue weighted by Gasteiger charge is -2.09. The first-order valence-corrected chi connectivity index (χ1v) is 5.21. The van der Waals surface area contributed by atoms with Gasteiger partial charge in [0.1, 0.15) is 5.75 Å². The highest BCUT2D eigenvalue weighted by molar-refractivity contribution is 5.99. The number of rotatable bonds is 6. The van der Waals surface area contributed by atoms with E-state index in [0.717, 1.165) is 0 Å². The molecule has 1 N–H and O–H groups in total. The summed E-state index contributed by atoms with van der Waals surface area (Å²) in [5.41, 5.74) is 0.269. The van der Waals surface area contributed by atoms with E-state index in [1.165, 1.54) is 31.2 Å². The molecule has 6 heteroatoms. The van der Waals surface area contributed by atoms with Gasteiger partial charge in [0.25, 0.3) is 0 Å². The molecule has 18 heavy (non-hydrogen) atoms. The van der Waals surface area contributed by atoms with E-state index in [0.29, 0.717) is 0 Å². The van der Waals surface area contributed by atoms with Gasteiger partial charge in [0.2, 0.25) is 0 Å². The minimum absolute atomic E-state index is 0.0487. The van der Waals surface area contributed by atoms with Crippen molar-refractivity contribution in [2.45, 2.75) is 20.0 Å². The zero-order valence-electron chi connectivity index (χ0n) is 9.60. The van der Waals surface area contributed by atoms with Crippen molar-refractivity contribution >= 4 is 11.8 Å². The molecule has 0 aliphatic carbocycles. The van der Waals surface area contributed by atoms with E-state index in [9.17, 15) is 18.4 Å². The molecule has 0 aliphatic rings. The van der Waals surface area contributed by atoms with Crippen molar-refractivity contribution in [1.29, 1.82) is 0 Å². The van der Waals surface area contributed by atoms with Crippen LogP contribution in [0.5, 0.6) is 5.75 Å². The van der Waals surface area contributed by atoms with Crippen LogP contribution in [-0.4, -0.2) is 23.5 Å². The Morgan fingerprint density at radius 3 is 2.28 bits per heavy atom. The fourth-order valence-electron chi connectivity index (χ4n) is 1.44. The first-order valence-electron chi connectivity index (χ1n) is 5.21. The number of aliphatic carboxylic acids is 1. The fourth-order valence-corrected chi connectivity index (χ4v) is 1.44.